The molecule has 5 heteroatoms. The van der Waals surface area contributed by atoms with Crippen molar-refractivity contribution in [3.63, 3.8) is 0 Å². The number of anilines is 1. The summed E-state index contributed by atoms with van der Waals surface area (Å²) >= 11 is 11.7. The second-order valence-corrected chi connectivity index (χ2v) is 4.41. The third-order valence-corrected chi connectivity index (χ3v) is 2.75. The van der Waals surface area contributed by atoms with Gasteiger partial charge in [0.2, 0.25) is 0 Å². The van der Waals surface area contributed by atoms with E-state index >= 15 is 0 Å². The first-order chi connectivity index (χ1) is 8.02. The zero-order valence-corrected chi connectivity index (χ0v) is 11.2. The molecule has 0 aromatic heterocycles. The van der Waals surface area contributed by atoms with Crippen molar-refractivity contribution in [1.29, 1.82) is 0 Å². The monoisotopic (exact) mass is 272 g/mol. The molecule has 0 spiro atoms. The van der Waals surface area contributed by atoms with Gasteiger partial charge in [0.05, 0.1) is 10.7 Å². The fraction of sp³-hybridized carbons (Fsp3) is 0.250. The van der Waals surface area contributed by atoms with Gasteiger partial charge in [-0.1, -0.05) is 35.7 Å². The van der Waals surface area contributed by atoms with Crippen LogP contribution < -0.4 is 10.6 Å². The summed E-state index contributed by atoms with van der Waals surface area (Å²) in [7, 11) is 0. The highest BCUT2D eigenvalue weighted by atomic mass is 35.5. The molecule has 0 bridgehead atoms. The number of benzene rings is 1. The molecule has 1 aromatic rings. The van der Waals surface area contributed by atoms with Crippen LogP contribution in [-0.4, -0.2) is 6.03 Å². The molecule has 3 nitrogen and oxygen atoms in total. The lowest BCUT2D eigenvalue weighted by Crippen LogP contribution is -2.24. The van der Waals surface area contributed by atoms with Gasteiger partial charge in [0.25, 0.3) is 0 Å². The Morgan fingerprint density at radius 2 is 2.12 bits per heavy atom. The van der Waals surface area contributed by atoms with E-state index in [0.29, 0.717) is 15.7 Å². The Morgan fingerprint density at radius 1 is 1.41 bits per heavy atom. The van der Waals surface area contributed by atoms with E-state index in [2.05, 4.69) is 10.6 Å². The fourth-order valence-electron chi connectivity index (χ4n) is 1.04. The summed E-state index contributed by atoms with van der Waals surface area (Å²) in [5.74, 6) is 0. The second kappa shape index (κ2) is 6.52. The van der Waals surface area contributed by atoms with Crippen molar-refractivity contribution in [1.82, 2.24) is 5.32 Å². The van der Waals surface area contributed by atoms with Crippen LogP contribution in [0.15, 0.2) is 30.0 Å². The van der Waals surface area contributed by atoms with E-state index in [-0.39, 0.29) is 6.03 Å². The van der Waals surface area contributed by atoms with Crippen molar-refractivity contribution in [2.45, 2.75) is 20.3 Å². The van der Waals surface area contributed by atoms with Crippen molar-refractivity contribution >= 4 is 34.9 Å². The lowest BCUT2D eigenvalue weighted by Gasteiger charge is -2.07. The Hall–Kier alpha value is -1.19. The summed E-state index contributed by atoms with van der Waals surface area (Å²) in [6, 6.07) is 4.54. The van der Waals surface area contributed by atoms with Crippen molar-refractivity contribution in [3.05, 3.63) is 40.0 Å². The number of carbonyl (C=O) groups is 1. The average molecular weight is 273 g/mol. The number of rotatable bonds is 3. The molecular weight excluding hydrogens is 259 g/mol. The van der Waals surface area contributed by atoms with Crippen molar-refractivity contribution < 1.29 is 4.79 Å². The van der Waals surface area contributed by atoms with Gasteiger partial charge < -0.3 is 10.6 Å². The Morgan fingerprint density at radius 3 is 2.76 bits per heavy atom. The standard InChI is InChI=1S/C12H14Cl2N2O/c1-3-8(2)7-15-12(17)16-11-6-9(13)4-5-10(11)14/h4-7H,3H2,1-2H3,(H2,15,16,17)/b8-7+. The van der Waals surface area contributed by atoms with E-state index in [1.807, 2.05) is 13.8 Å². The van der Waals surface area contributed by atoms with Gasteiger partial charge in [-0.2, -0.15) is 0 Å². The molecule has 1 rings (SSSR count). The van der Waals surface area contributed by atoms with E-state index in [1.54, 1.807) is 24.4 Å². The number of nitrogens with one attached hydrogen (secondary N) is 2. The number of amides is 2. The molecule has 0 saturated carbocycles. The maximum absolute atomic E-state index is 11.5. The van der Waals surface area contributed by atoms with Crippen LogP contribution in [0.4, 0.5) is 10.5 Å². The lowest BCUT2D eigenvalue weighted by atomic mass is 10.3. The minimum Gasteiger partial charge on any atom is -0.314 e. The second-order valence-electron chi connectivity index (χ2n) is 3.57. The topological polar surface area (TPSA) is 41.1 Å². The molecule has 17 heavy (non-hydrogen) atoms. The zero-order valence-electron chi connectivity index (χ0n) is 9.68. The van der Waals surface area contributed by atoms with E-state index in [4.69, 9.17) is 23.2 Å². The summed E-state index contributed by atoms with van der Waals surface area (Å²) in [5, 5.41) is 6.20. The minimum absolute atomic E-state index is 0.345. The molecule has 2 N–H and O–H groups in total. The fourth-order valence-corrected chi connectivity index (χ4v) is 1.38. The first kappa shape index (κ1) is 13.9. The van der Waals surface area contributed by atoms with E-state index in [0.717, 1.165) is 12.0 Å². The van der Waals surface area contributed by atoms with E-state index < -0.39 is 0 Å². The average Bonchev–Trinajstić information content (AvgIpc) is 2.30. The quantitative estimate of drug-likeness (QED) is 0.840. The van der Waals surface area contributed by atoms with Gasteiger partial charge in [0.1, 0.15) is 0 Å². The third kappa shape index (κ3) is 4.67. The Balaban J connectivity index is 2.65. The molecule has 0 radical (unpaired) electrons. The third-order valence-electron chi connectivity index (χ3n) is 2.18. The van der Waals surface area contributed by atoms with Crippen LogP contribution in [0.25, 0.3) is 0 Å². The molecule has 0 saturated heterocycles. The van der Waals surface area contributed by atoms with Gasteiger partial charge in [-0.05, 0) is 31.5 Å². The van der Waals surface area contributed by atoms with Crippen LogP contribution in [0.5, 0.6) is 0 Å². The van der Waals surface area contributed by atoms with Crippen LogP contribution in [-0.2, 0) is 0 Å². The van der Waals surface area contributed by atoms with Crippen LogP contribution in [0, 0.1) is 0 Å². The highest BCUT2D eigenvalue weighted by Crippen LogP contribution is 2.25. The van der Waals surface area contributed by atoms with Gasteiger partial charge in [-0.3, -0.25) is 0 Å². The summed E-state index contributed by atoms with van der Waals surface area (Å²) < 4.78 is 0. The normalized spacial score (nSPS) is 11.2. The Labute approximate surface area is 111 Å². The van der Waals surface area contributed by atoms with Gasteiger partial charge in [0, 0.05) is 11.2 Å². The van der Waals surface area contributed by atoms with Crippen LogP contribution in [0.2, 0.25) is 10.0 Å². The molecule has 1 aromatic carbocycles. The first-order valence-corrected chi connectivity index (χ1v) is 5.96. The largest absolute Gasteiger partial charge is 0.323 e. The predicted molar refractivity (Wildman–Crippen MR) is 72.7 cm³/mol. The molecule has 0 aliphatic carbocycles. The summed E-state index contributed by atoms with van der Waals surface area (Å²) in [5.41, 5.74) is 1.57. The maximum Gasteiger partial charge on any atom is 0.323 e. The first-order valence-electron chi connectivity index (χ1n) is 5.21. The van der Waals surface area contributed by atoms with Crippen molar-refractivity contribution in [2.75, 3.05) is 5.32 Å². The van der Waals surface area contributed by atoms with Crippen molar-refractivity contribution in [3.8, 4) is 0 Å². The Kier molecular flexibility index (Phi) is 5.32. The molecule has 0 unspecified atom stereocenters. The number of carbonyl (C=O) groups excluding carboxylic acids is 1. The number of halogens is 2. The molecular formula is C12H14Cl2N2O. The molecule has 0 aliphatic rings. The van der Waals surface area contributed by atoms with E-state index in [1.165, 1.54) is 0 Å². The Bertz CT molecular complexity index is 444. The molecule has 0 fully saturated rings. The predicted octanol–water partition coefficient (Wildman–Crippen LogP) is 4.43. The van der Waals surface area contributed by atoms with Gasteiger partial charge in [-0.15, -0.1) is 0 Å². The molecule has 92 valence electrons. The number of allylic oxidation sites excluding steroid dienone is 1. The summed E-state index contributed by atoms with van der Waals surface area (Å²) in [4.78, 5) is 11.5. The zero-order chi connectivity index (χ0) is 12.8. The lowest BCUT2D eigenvalue weighted by molar-refractivity contribution is 0.255. The van der Waals surface area contributed by atoms with Gasteiger partial charge in [0.15, 0.2) is 0 Å². The highest BCUT2D eigenvalue weighted by molar-refractivity contribution is 6.35. The van der Waals surface area contributed by atoms with Crippen LogP contribution >= 0.6 is 23.2 Å². The number of urea groups is 1. The molecule has 0 aliphatic heterocycles. The number of hydrogen-bond donors (Lipinski definition) is 2. The molecule has 0 atom stereocenters. The minimum atomic E-state index is -0.345. The van der Waals surface area contributed by atoms with Gasteiger partial charge >= 0.3 is 6.03 Å². The smallest absolute Gasteiger partial charge is 0.314 e. The van der Waals surface area contributed by atoms with Gasteiger partial charge in [-0.25, -0.2) is 4.79 Å². The molecule has 0 heterocycles. The summed E-state index contributed by atoms with van der Waals surface area (Å²) in [6.45, 7) is 3.95. The highest BCUT2D eigenvalue weighted by Gasteiger charge is 2.04. The maximum atomic E-state index is 11.5. The summed E-state index contributed by atoms with van der Waals surface area (Å²) in [6.07, 6.45) is 2.55. The van der Waals surface area contributed by atoms with Crippen molar-refractivity contribution in [2.24, 2.45) is 0 Å². The molecule has 2 amide bonds. The van der Waals surface area contributed by atoms with Crippen LogP contribution in [0.1, 0.15) is 20.3 Å². The number of hydrogen-bond acceptors (Lipinski definition) is 1. The SMILES string of the molecule is CC/C(C)=C/NC(=O)Nc1cc(Cl)ccc1Cl. The van der Waals surface area contributed by atoms with Crippen LogP contribution in [0.3, 0.4) is 0 Å². The van der Waals surface area contributed by atoms with E-state index in [9.17, 15) is 4.79 Å².